The van der Waals surface area contributed by atoms with Gasteiger partial charge in [-0.1, -0.05) is 0 Å². The largest absolute Gasteiger partial charge is 0.481 e. The van der Waals surface area contributed by atoms with Crippen molar-refractivity contribution in [1.29, 1.82) is 0 Å². The second-order valence-electron chi connectivity index (χ2n) is 5.54. The Kier molecular flexibility index (Phi) is 28.4. The summed E-state index contributed by atoms with van der Waals surface area (Å²) in [6.45, 7) is 6.31. The number of carboxylic acid groups (broad SMARTS) is 2. The van der Waals surface area contributed by atoms with Crippen LogP contribution in [0.5, 0.6) is 0 Å². The summed E-state index contributed by atoms with van der Waals surface area (Å²) in [7, 11) is 0. The van der Waals surface area contributed by atoms with Crippen LogP contribution in [0.1, 0.15) is 12.8 Å². The lowest BCUT2D eigenvalue weighted by molar-refractivity contribution is -0.139. The minimum Gasteiger partial charge on any atom is -0.481 e. The maximum absolute atomic E-state index is 10.1. The summed E-state index contributed by atoms with van der Waals surface area (Å²) in [6.07, 6.45) is 0.0548. The van der Waals surface area contributed by atoms with Gasteiger partial charge in [0.15, 0.2) is 0 Å². The summed E-state index contributed by atoms with van der Waals surface area (Å²) < 4.78 is 30.5. The molecule has 0 spiro atoms. The second kappa shape index (κ2) is 27.6. The lowest BCUT2D eigenvalue weighted by atomic mass is 10.5. The molecule has 0 aromatic rings. The van der Waals surface area contributed by atoms with E-state index in [2.05, 4.69) is 0 Å². The molecule has 0 bridgehead atoms. The van der Waals surface area contributed by atoms with Gasteiger partial charge in [0.2, 0.25) is 0 Å². The zero-order valence-electron chi connectivity index (χ0n) is 17.6. The summed E-state index contributed by atoms with van der Waals surface area (Å²) >= 11 is 0. The number of rotatable bonds is 22. The molecule has 0 aromatic heterocycles. The fraction of sp³-hybridized carbons (Fsp3) is 0.889. The first-order chi connectivity index (χ1) is 14.5. The van der Waals surface area contributed by atoms with E-state index in [1.54, 1.807) is 0 Å². The molecule has 0 heterocycles. The van der Waals surface area contributed by atoms with Gasteiger partial charge in [-0.05, 0) is 0 Å². The lowest BCUT2D eigenvalue weighted by Crippen LogP contribution is -2.14. The number of nitrogens with two attached hydrogens (primary N) is 2. The SMILES string of the molecule is NCCOCCOCCOCCC(=O)O.NCCOCCOCCOCCC(=O)O. The molecule has 12 nitrogen and oxygen atoms in total. The monoisotopic (exact) mass is 442 g/mol. The van der Waals surface area contributed by atoms with E-state index in [0.29, 0.717) is 79.2 Å². The van der Waals surface area contributed by atoms with Crippen molar-refractivity contribution in [3.8, 4) is 0 Å². The lowest BCUT2D eigenvalue weighted by Gasteiger charge is -2.05. The normalized spacial score (nSPS) is 10.5. The second-order valence-corrected chi connectivity index (χ2v) is 5.54. The Morgan fingerprint density at radius 1 is 0.467 bits per heavy atom. The maximum atomic E-state index is 10.1. The molecule has 0 amide bonds. The number of carboxylic acids is 2. The van der Waals surface area contributed by atoms with Crippen LogP contribution < -0.4 is 11.5 Å². The number of hydrogen-bond donors (Lipinski definition) is 4. The molecule has 0 radical (unpaired) electrons. The van der Waals surface area contributed by atoms with Gasteiger partial charge in [0.05, 0.1) is 92.1 Å². The molecular formula is C18H38N2O10. The Morgan fingerprint density at radius 2 is 0.700 bits per heavy atom. The van der Waals surface area contributed by atoms with E-state index in [0.717, 1.165) is 0 Å². The van der Waals surface area contributed by atoms with Gasteiger partial charge in [-0.2, -0.15) is 0 Å². The molecule has 0 fully saturated rings. The predicted molar refractivity (Wildman–Crippen MR) is 108 cm³/mol. The van der Waals surface area contributed by atoms with Crippen LogP contribution in [0.2, 0.25) is 0 Å². The average Bonchev–Trinajstić information content (AvgIpc) is 2.71. The fourth-order valence-corrected chi connectivity index (χ4v) is 1.57. The molecule has 0 aliphatic carbocycles. The minimum absolute atomic E-state index is 0.0274. The van der Waals surface area contributed by atoms with E-state index in [4.69, 9.17) is 50.1 Å². The number of aliphatic carboxylic acids is 2. The third kappa shape index (κ3) is 34.1. The molecule has 0 aliphatic rings. The number of ether oxygens (including phenoxy) is 6. The maximum Gasteiger partial charge on any atom is 0.305 e. The summed E-state index contributed by atoms with van der Waals surface area (Å²) in [6, 6.07) is 0. The molecule has 30 heavy (non-hydrogen) atoms. The zero-order chi connectivity index (χ0) is 22.7. The summed E-state index contributed by atoms with van der Waals surface area (Å²) in [5.41, 5.74) is 10.4. The van der Waals surface area contributed by atoms with E-state index < -0.39 is 11.9 Å². The van der Waals surface area contributed by atoms with Crippen LogP contribution in [0.4, 0.5) is 0 Å². The van der Waals surface area contributed by atoms with Crippen LogP contribution >= 0.6 is 0 Å². The zero-order valence-corrected chi connectivity index (χ0v) is 17.6. The van der Waals surface area contributed by atoms with Crippen molar-refractivity contribution in [2.75, 3.05) is 92.4 Å². The molecule has 0 atom stereocenters. The first kappa shape index (κ1) is 30.8. The number of hydrogen-bond acceptors (Lipinski definition) is 10. The van der Waals surface area contributed by atoms with Crippen molar-refractivity contribution in [3.63, 3.8) is 0 Å². The highest BCUT2D eigenvalue weighted by Gasteiger charge is 1.97. The summed E-state index contributed by atoms with van der Waals surface area (Å²) in [5.74, 6) is -1.71. The van der Waals surface area contributed by atoms with E-state index in [9.17, 15) is 9.59 Å². The summed E-state index contributed by atoms with van der Waals surface area (Å²) in [5, 5.41) is 16.6. The molecule has 0 saturated carbocycles. The predicted octanol–water partition coefficient (Wildman–Crippen LogP) is -1.06. The smallest absolute Gasteiger partial charge is 0.305 e. The van der Waals surface area contributed by atoms with Crippen LogP contribution in [0, 0.1) is 0 Å². The van der Waals surface area contributed by atoms with Crippen LogP contribution in [0.25, 0.3) is 0 Å². The highest BCUT2D eigenvalue weighted by Crippen LogP contribution is 1.85. The molecule has 0 aliphatic heterocycles. The van der Waals surface area contributed by atoms with Gasteiger partial charge < -0.3 is 50.1 Å². The van der Waals surface area contributed by atoms with Gasteiger partial charge in [0.25, 0.3) is 0 Å². The summed E-state index contributed by atoms with van der Waals surface area (Å²) in [4.78, 5) is 20.2. The van der Waals surface area contributed by atoms with Gasteiger partial charge in [-0.25, -0.2) is 0 Å². The fourth-order valence-electron chi connectivity index (χ4n) is 1.57. The highest BCUT2D eigenvalue weighted by molar-refractivity contribution is 5.66. The van der Waals surface area contributed by atoms with Crippen LogP contribution in [-0.2, 0) is 38.0 Å². The van der Waals surface area contributed by atoms with Crippen LogP contribution in [0.15, 0.2) is 0 Å². The van der Waals surface area contributed by atoms with Gasteiger partial charge in [0.1, 0.15) is 0 Å². The van der Waals surface area contributed by atoms with E-state index in [1.807, 2.05) is 0 Å². The number of carbonyl (C=O) groups is 2. The molecule has 6 N–H and O–H groups in total. The Morgan fingerprint density at radius 3 is 0.933 bits per heavy atom. The first-order valence-corrected chi connectivity index (χ1v) is 9.84. The topological polar surface area (TPSA) is 182 Å². The van der Waals surface area contributed by atoms with Crippen LogP contribution in [0.3, 0.4) is 0 Å². The van der Waals surface area contributed by atoms with E-state index in [-0.39, 0.29) is 26.1 Å². The van der Waals surface area contributed by atoms with Gasteiger partial charge in [0, 0.05) is 13.1 Å². The Hall–Kier alpha value is -1.38. The van der Waals surface area contributed by atoms with Crippen molar-refractivity contribution < 1.29 is 48.2 Å². The molecule has 0 unspecified atom stereocenters. The van der Waals surface area contributed by atoms with Gasteiger partial charge in [-0.3, -0.25) is 9.59 Å². The average molecular weight is 443 g/mol. The van der Waals surface area contributed by atoms with Crippen LogP contribution in [-0.4, -0.2) is 115 Å². The third-order valence-electron chi connectivity index (χ3n) is 2.93. The van der Waals surface area contributed by atoms with Crippen molar-refractivity contribution >= 4 is 11.9 Å². The van der Waals surface area contributed by atoms with Crippen molar-refractivity contribution in [2.45, 2.75) is 12.8 Å². The van der Waals surface area contributed by atoms with E-state index in [1.165, 1.54) is 0 Å². The van der Waals surface area contributed by atoms with E-state index >= 15 is 0 Å². The molecule has 0 saturated heterocycles. The third-order valence-corrected chi connectivity index (χ3v) is 2.93. The highest BCUT2D eigenvalue weighted by atomic mass is 16.5. The first-order valence-electron chi connectivity index (χ1n) is 9.84. The molecule has 0 aromatic carbocycles. The standard InChI is InChI=1S/2C9H19NO5/c2*10-2-4-14-6-8-15-7-5-13-3-1-9(11)12/h2*1-8,10H2,(H,11,12). The quantitative estimate of drug-likeness (QED) is 0.149. The molecule has 12 heteroatoms. The Labute approximate surface area is 177 Å². The molecular weight excluding hydrogens is 404 g/mol. The van der Waals surface area contributed by atoms with Gasteiger partial charge in [-0.15, -0.1) is 0 Å². The van der Waals surface area contributed by atoms with Crippen molar-refractivity contribution in [3.05, 3.63) is 0 Å². The van der Waals surface area contributed by atoms with Crippen molar-refractivity contribution in [1.82, 2.24) is 0 Å². The molecule has 0 rings (SSSR count). The Balaban J connectivity index is 0. The van der Waals surface area contributed by atoms with Crippen molar-refractivity contribution in [2.24, 2.45) is 11.5 Å². The molecule has 180 valence electrons. The Bertz CT molecular complexity index is 341. The van der Waals surface area contributed by atoms with Gasteiger partial charge >= 0.3 is 11.9 Å². The minimum atomic E-state index is -0.855.